The average molecular weight is 483 g/mol. The van der Waals surface area contributed by atoms with E-state index in [1.165, 1.54) is 5.56 Å². The van der Waals surface area contributed by atoms with Gasteiger partial charge in [-0.05, 0) is 43.7 Å². The molecule has 0 unspecified atom stereocenters. The third-order valence-corrected chi connectivity index (χ3v) is 5.85. The predicted molar refractivity (Wildman–Crippen MR) is 137 cm³/mol. The Morgan fingerprint density at radius 2 is 2.00 bits per heavy atom. The summed E-state index contributed by atoms with van der Waals surface area (Å²) < 4.78 is 7.96. The number of pyridine rings is 1. The molecule has 1 aliphatic heterocycles. The van der Waals surface area contributed by atoms with E-state index < -0.39 is 0 Å². The van der Waals surface area contributed by atoms with Crippen molar-refractivity contribution in [2.24, 2.45) is 0 Å². The number of aromatic nitrogens is 5. The molecule has 1 aliphatic rings. The highest BCUT2D eigenvalue weighted by Crippen LogP contribution is 2.36. The molecule has 4 heterocycles. The van der Waals surface area contributed by atoms with Crippen LogP contribution in [0.4, 0.5) is 11.8 Å². The molecule has 0 spiro atoms. The highest BCUT2D eigenvalue weighted by Gasteiger charge is 2.16. The Balaban J connectivity index is 0.00000274. The van der Waals surface area contributed by atoms with Crippen molar-refractivity contribution in [2.75, 3.05) is 38.1 Å². The quantitative estimate of drug-likeness (QED) is 0.351. The normalized spacial score (nSPS) is 14.2. The zero-order valence-electron chi connectivity index (χ0n) is 19.5. The Bertz CT molecular complexity index is 1230. The van der Waals surface area contributed by atoms with Gasteiger partial charge in [-0.2, -0.15) is 5.10 Å². The molecule has 0 radical (unpaired) electrons. The van der Waals surface area contributed by atoms with Crippen LogP contribution in [0.3, 0.4) is 0 Å². The van der Waals surface area contributed by atoms with Gasteiger partial charge in [0.1, 0.15) is 11.3 Å². The largest absolute Gasteiger partial charge is 0.491 e. The zero-order valence-corrected chi connectivity index (χ0v) is 20.4. The van der Waals surface area contributed by atoms with Crippen molar-refractivity contribution in [1.29, 1.82) is 0 Å². The fraction of sp³-hybridized carbons (Fsp3) is 0.375. The maximum Gasteiger partial charge on any atom is 0.206 e. The Hall–Kier alpha value is -3.14. The number of hydrogen-bond donors (Lipinski definition) is 3. The maximum atomic E-state index is 6.05. The van der Waals surface area contributed by atoms with E-state index in [9.17, 15) is 0 Å². The number of halogens is 1. The van der Waals surface area contributed by atoms with Gasteiger partial charge in [-0.1, -0.05) is 0 Å². The summed E-state index contributed by atoms with van der Waals surface area (Å²) in [6.45, 7) is 10.6. The number of aromatic amines is 1. The molecule has 0 saturated carbocycles. The maximum absolute atomic E-state index is 6.05. The number of fused-ring (bicyclic) bond motifs is 1. The van der Waals surface area contributed by atoms with Gasteiger partial charge < -0.3 is 20.4 Å². The SMILES string of the molecule is CCOc1c(-c2cnn(CC)c2)ccc2nc(Nc3cc(CN4CCNCC4)ccn3)[nH]c12.Cl. The number of piperazine rings is 1. The number of anilines is 2. The lowest BCUT2D eigenvalue weighted by molar-refractivity contribution is 0.233. The van der Waals surface area contributed by atoms with Gasteiger partial charge >= 0.3 is 0 Å². The van der Waals surface area contributed by atoms with Crippen LogP contribution in [0, 0.1) is 0 Å². The van der Waals surface area contributed by atoms with Crippen molar-refractivity contribution in [1.82, 2.24) is 34.9 Å². The van der Waals surface area contributed by atoms with E-state index in [1.807, 2.05) is 42.3 Å². The molecule has 3 N–H and O–H groups in total. The number of nitrogens with one attached hydrogen (secondary N) is 3. The lowest BCUT2D eigenvalue weighted by Gasteiger charge is -2.27. The van der Waals surface area contributed by atoms with E-state index >= 15 is 0 Å². The molecule has 9 nitrogen and oxygen atoms in total. The lowest BCUT2D eigenvalue weighted by atomic mass is 10.1. The summed E-state index contributed by atoms with van der Waals surface area (Å²) in [4.78, 5) is 15.1. The van der Waals surface area contributed by atoms with E-state index in [1.54, 1.807) is 0 Å². The molecule has 1 saturated heterocycles. The third kappa shape index (κ3) is 5.16. The van der Waals surface area contributed by atoms with Crippen LogP contribution < -0.4 is 15.4 Å². The summed E-state index contributed by atoms with van der Waals surface area (Å²) in [7, 11) is 0. The minimum Gasteiger partial charge on any atom is -0.491 e. The standard InChI is InChI=1S/C24H30N8O.ClH/c1-3-32-16-18(14-27-32)19-5-6-20-22(23(19)33-4-2)30-24(28-20)29-21-13-17(7-8-26-21)15-31-11-9-25-10-12-31;/h5-8,13-14,16,25H,3-4,9-12,15H2,1-2H3,(H2,26,28,29,30);1H. The van der Waals surface area contributed by atoms with E-state index in [0.29, 0.717) is 12.6 Å². The topological polar surface area (TPSA) is 95.9 Å². The second-order valence-electron chi connectivity index (χ2n) is 8.14. The number of benzene rings is 1. The second-order valence-corrected chi connectivity index (χ2v) is 8.14. The van der Waals surface area contributed by atoms with Crippen LogP contribution in [-0.4, -0.2) is 62.4 Å². The van der Waals surface area contributed by atoms with Crippen LogP contribution in [0.15, 0.2) is 42.9 Å². The van der Waals surface area contributed by atoms with Gasteiger partial charge in [-0.25, -0.2) is 9.97 Å². The summed E-state index contributed by atoms with van der Waals surface area (Å²) in [5, 5.41) is 11.1. The van der Waals surface area contributed by atoms with Crippen molar-refractivity contribution in [3.05, 3.63) is 48.4 Å². The van der Waals surface area contributed by atoms with Crippen LogP contribution in [0.5, 0.6) is 5.75 Å². The summed E-state index contributed by atoms with van der Waals surface area (Å²) in [6.07, 6.45) is 5.75. The second kappa shape index (κ2) is 10.9. The molecular weight excluding hydrogens is 452 g/mol. The summed E-state index contributed by atoms with van der Waals surface area (Å²) in [5.74, 6) is 2.19. The third-order valence-electron chi connectivity index (χ3n) is 5.85. The fourth-order valence-corrected chi connectivity index (χ4v) is 4.20. The van der Waals surface area contributed by atoms with Crippen molar-refractivity contribution < 1.29 is 4.74 Å². The summed E-state index contributed by atoms with van der Waals surface area (Å²) in [6, 6.07) is 8.21. The Kier molecular flexibility index (Phi) is 7.66. The Labute approximate surface area is 205 Å². The fourth-order valence-electron chi connectivity index (χ4n) is 4.20. The number of aryl methyl sites for hydroxylation is 1. The molecule has 0 aliphatic carbocycles. The zero-order chi connectivity index (χ0) is 22.6. The first-order valence-corrected chi connectivity index (χ1v) is 11.6. The first-order chi connectivity index (χ1) is 16.2. The van der Waals surface area contributed by atoms with Gasteiger partial charge in [0.2, 0.25) is 5.95 Å². The van der Waals surface area contributed by atoms with Gasteiger partial charge in [0, 0.05) is 62.8 Å². The number of nitrogens with zero attached hydrogens (tertiary/aromatic N) is 5. The van der Waals surface area contributed by atoms with Crippen LogP contribution in [0.1, 0.15) is 19.4 Å². The summed E-state index contributed by atoms with van der Waals surface area (Å²) >= 11 is 0. The molecular formula is C24H31ClN8O. The minimum absolute atomic E-state index is 0. The van der Waals surface area contributed by atoms with Crippen LogP contribution in [-0.2, 0) is 13.1 Å². The van der Waals surface area contributed by atoms with E-state index in [-0.39, 0.29) is 12.4 Å². The Morgan fingerprint density at radius 1 is 1.15 bits per heavy atom. The number of rotatable bonds is 8. The van der Waals surface area contributed by atoms with Crippen LogP contribution in [0.2, 0.25) is 0 Å². The van der Waals surface area contributed by atoms with Gasteiger partial charge in [0.05, 0.1) is 18.3 Å². The summed E-state index contributed by atoms with van der Waals surface area (Å²) in [5.41, 5.74) is 4.95. The monoisotopic (exact) mass is 482 g/mol. The smallest absolute Gasteiger partial charge is 0.206 e. The van der Waals surface area contributed by atoms with Crippen molar-refractivity contribution in [2.45, 2.75) is 26.9 Å². The number of H-pyrrole nitrogens is 1. The predicted octanol–water partition coefficient (Wildman–Crippen LogP) is 3.81. The van der Waals surface area contributed by atoms with Gasteiger partial charge in [-0.3, -0.25) is 9.58 Å². The molecule has 0 bridgehead atoms. The Morgan fingerprint density at radius 3 is 2.76 bits per heavy atom. The van der Waals surface area contributed by atoms with Gasteiger partial charge in [0.25, 0.3) is 0 Å². The molecule has 4 aromatic rings. The van der Waals surface area contributed by atoms with Crippen molar-refractivity contribution in [3.8, 4) is 16.9 Å². The lowest BCUT2D eigenvalue weighted by Crippen LogP contribution is -2.42. The molecule has 1 fully saturated rings. The molecule has 180 valence electrons. The minimum atomic E-state index is 0. The molecule has 0 atom stereocenters. The first-order valence-electron chi connectivity index (χ1n) is 11.6. The van der Waals surface area contributed by atoms with Gasteiger partial charge in [-0.15, -0.1) is 12.4 Å². The molecule has 0 amide bonds. The molecule has 34 heavy (non-hydrogen) atoms. The molecule has 10 heteroatoms. The average Bonchev–Trinajstić information content (AvgIpc) is 3.47. The number of ether oxygens (including phenoxy) is 1. The molecule has 3 aromatic heterocycles. The van der Waals surface area contributed by atoms with Crippen molar-refractivity contribution >= 4 is 35.2 Å². The van der Waals surface area contributed by atoms with E-state index in [4.69, 9.17) is 9.72 Å². The van der Waals surface area contributed by atoms with E-state index in [0.717, 1.165) is 73.0 Å². The highest BCUT2D eigenvalue weighted by atomic mass is 35.5. The first kappa shape index (κ1) is 24.0. The number of hydrogen-bond acceptors (Lipinski definition) is 7. The van der Waals surface area contributed by atoms with E-state index in [2.05, 4.69) is 49.7 Å². The van der Waals surface area contributed by atoms with Crippen LogP contribution >= 0.6 is 12.4 Å². The van der Waals surface area contributed by atoms with Crippen molar-refractivity contribution in [3.63, 3.8) is 0 Å². The highest BCUT2D eigenvalue weighted by molar-refractivity contribution is 5.92. The number of imidazole rings is 1. The molecule has 5 rings (SSSR count). The van der Waals surface area contributed by atoms with Gasteiger partial charge in [0.15, 0.2) is 5.75 Å². The molecule has 1 aromatic carbocycles. The van der Waals surface area contributed by atoms with Crippen LogP contribution in [0.25, 0.3) is 22.2 Å².